The Morgan fingerprint density at radius 2 is 1.74 bits per heavy atom. The minimum absolute atomic E-state index is 0.0369. The molecule has 0 fully saturated rings. The van der Waals surface area contributed by atoms with Crippen LogP contribution in [0.25, 0.3) is 0 Å². The molecule has 0 unspecified atom stereocenters. The van der Waals surface area contributed by atoms with E-state index in [1.807, 2.05) is 31.2 Å². The largest absolute Gasteiger partial charge is 0.496 e. The minimum atomic E-state index is -0.262. The van der Waals surface area contributed by atoms with Crippen LogP contribution in [0.5, 0.6) is 5.75 Å². The van der Waals surface area contributed by atoms with Crippen LogP contribution >= 0.6 is 0 Å². The van der Waals surface area contributed by atoms with Crippen LogP contribution in [0.15, 0.2) is 48.5 Å². The van der Waals surface area contributed by atoms with E-state index in [2.05, 4.69) is 5.32 Å². The number of nitrogens with one attached hydrogen (secondary N) is 1. The molecule has 2 aromatic rings. The van der Waals surface area contributed by atoms with Crippen LogP contribution in [-0.2, 0) is 4.79 Å². The van der Waals surface area contributed by atoms with E-state index in [0.717, 1.165) is 5.56 Å². The molecule has 0 radical (unpaired) electrons. The highest BCUT2D eigenvalue weighted by atomic mass is 16.5. The maximum absolute atomic E-state index is 12.4. The summed E-state index contributed by atoms with van der Waals surface area (Å²) in [6.45, 7) is 1.94. The lowest BCUT2D eigenvalue weighted by atomic mass is 10.1. The first kappa shape index (κ1) is 16.5. The number of amides is 2. The van der Waals surface area contributed by atoms with Gasteiger partial charge in [-0.15, -0.1) is 0 Å². The van der Waals surface area contributed by atoms with Crippen molar-refractivity contribution in [3.05, 3.63) is 59.7 Å². The molecule has 5 nitrogen and oxygen atoms in total. The number of rotatable bonds is 5. The average molecular weight is 312 g/mol. The van der Waals surface area contributed by atoms with Crippen molar-refractivity contribution in [2.24, 2.45) is 0 Å². The summed E-state index contributed by atoms with van der Waals surface area (Å²) in [5, 5.41) is 2.77. The van der Waals surface area contributed by atoms with Crippen molar-refractivity contribution in [3.8, 4) is 5.75 Å². The molecule has 1 N–H and O–H groups in total. The maximum atomic E-state index is 12.4. The first-order valence-corrected chi connectivity index (χ1v) is 7.26. The summed E-state index contributed by atoms with van der Waals surface area (Å²) in [7, 11) is 3.10. The molecule has 0 spiro atoms. The first-order valence-electron chi connectivity index (χ1n) is 7.26. The Morgan fingerprint density at radius 3 is 2.39 bits per heavy atom. The molecule has 5 heteroatoms. The van der Waals surface area contributed by atoms with Gasteiger partial charge in [-0.05, 0) is 31.2 Å². The van der Waals surface area contributed by atoms with Gasteiger partial charge in [-0.1, -0.05) is 29.8 Å². The van der Waals surface area contributed by atoms with E-state index in [1.54, 1.807) is 31.3 Å². The summed E-state index contributed by atoms with van der Waals surface area (Å²) in [5.74, 6) is -0.0237. The summed E-state index contributed by atoms with van der Waals surface area (Å²) < 4.78 is 5.18. The molecule has 0 heterocycles. The van der Waals surface area contributed by atoms with Crippen LogP contribution in [0.4, 0.5) is 5.69 Å². The number of carbonyl (C=O) groups is 2. The number of methoxy groups -OCH3 is 1. The number of benzene rings is 2. The van der Waals surface area contributed by atoms with Crippen LogP contribution in [0.2, 0.25) is 0 Å². The fraction of sp³-hybridized carbons (Fsp3) is 0.222. The Balaban J connectivity index is 2.00. The molecule has 2 rings (SSSR count). The Kier molecular flexibility index (Phi) is 5.36. The van der Waals surface area contributed by atoms with Gasteiger partial charge in [0.15, 0.2) is 0 Å². The molecule has 23 heavy (non-hydrogen) atoms. The van der Waals surface area contributed by atoms with Gasteiger partial charge in [0.05, 0.1) is 19.2 Å². The standard InChI is InChI=1S/C18H20N2O3/c1-13-8-10-14(11-9-13)19-17(21)12-20(2)18(22)15-6-4-5-7-16(15)23-3/h4-11H,12H2,1-3H3,(H,19,21). The van der Waals surface area contributed by atoms with Gasteiger partial charge >= 0.3 is 0 Å². The molecule has 0 aliphatic carbocycles. The zero-order valence-electron chi connectivity index (χ0n) is 13.5. The smallest absolute Gasteiger partial charge is 0.257 e. The molecule has 0 aliphatic rings. The quantitative estimate of drug-likeness (QED) is 0.923. The van der Waals surface area contributed by atoms with E-state index in [1.165, 1.54) is 12.0 Å². The topological polar surface area (TPSA) is 58.6 Å². The van der Waals surface area contributed by atoms with E-state index >= 15 is 0 Å². The van der Waals surface area contributed by atoms with Crippen molar-refractivity contribution in [2.75, 3.05) is 26.0 Å². The summed E-state index contributed by atoms with van der Waals surface area (Å²) in [4.78, 5) is 25.8. The second-order valence-corrected chi connectivity index (χ2v) is 5.28. The lowest BCUT2D eigenvalue weighted by molar-refractivity contribution is -0.116. The van der Waals surface area contributed by atoms with Crippen LogP contribution in [0.3, 0.4) is 0 Å². The molecule has 0 saturated carbocycles. The van der Waals surface area contributed by atoms with Gasteiger partial charge in [-0.25, -0.2) is 0 Å². The van der Waals surface area contributed by atoms with E-state index in [4.69, 9.17) is 4.74 Å². The summed E-state index contributed by atoms with van der Waals surface area (Å²) in [6, 6.07) is 14.4. The number of likely N-dealkylation sites (N-methyl/N-ethyl adjacent to an activating group) is 1. The third-order valence-corrected chi connectivity index (χ3v) is 3.40. The Morgan fingerprint density at radius 1 is 1.09 bits per heavy atom. The van der Waals surface area contributed by atoms with Crippen molar-refractivity contribution in [1.82, 2.24) is 4.90 Å². The van der Waals surface area contributed by atoms with Crippen LogP contribution in [0, 0.1) is 6.92 Å². The highest BCUT2D eigenvalue weighted by Crippen LogP contribution is 2.18. The van der Waals surface area contributed by atoms with E-state index in [0.29, 0.717) is 17.0 Å². The van der Waals surface area contributed by atoms with E-state index in [9.17, 15) is 9.59 Å². The van der Waals surface area contributed by atoms with E-state index < -0.39 is 0 Å². The van der Waals surface area contributed by atoms with Gasteiger partial charge in [0, 0.05) is 12.7 Å². The lowest BCUT2D eigenvalue weighted by Gasteiger charge is -2.18. The number of para-hydroxylation sites is 1. The number of ether oxygens (including phenoxy) is 1. The van der Waals surface area contributed by atoms with Gasteiger partial charge in [-0.3, -0.25) is 9.59 Å². The molecule has 0 saturated heterocycles. The number of hydrogen-bond donors (Lipinski definition) is 1. The molecule has 2 amide bonds. The third kappa shape index (κ3) is 4.32. The van der Waals surface area contributed by atoms with Crippen molar-refractivity contribution in [1.29, 1.82) is 0 Å². The van der Waals surface area contributed by atoms with Crippen LogP contribution < -0.4 is 10.1 Å². The van der Waals surface area contributed by atoms with E-state index in [-0.39, 0.29) is 18.4 Å². The number of carbonyl (C=O) groups excluding carboxylic acids is 2. The number of aryl methyl sites for hydroxylation is 1. The number of hydrogen-bond acceptors (Lipinski definition) is 3. The molecule has 120 valence electrons. The maximum Gasteiger partial charge on any atom is 0.257 e. The van der Waals surface area contributed by atoms with Crippen LogP contribution in [0.1, 0.15) is 15.9 Å². The van der Waals surface area contributed by atoms with Gasteiger partial charge in [0.1, 0.15) is 5.75 Å². The zero-order valence-corrected chi connectivity index (χ0v) is 13.5. The van der Waals surface area contributed by atoms with Crippen molar-refractivity contribution in [3.63, 3.8) is 0 Å². The molecule has 0 bridgehead atoms. The van der Waals surface area contributed by atoms with Crippen molar-refractivity contribution in [2.45, 2.75) is 6.92 Å². The van der Waals surface area contributed by atoms with Gasteiger partial charge < -0.3 is 15.0 Å². The molecule has 0 atom stereocenters. The second-order valence-electron chi connectivity index (χ2n) is 5.28. The highest BCUT2D eigenvalue weighted by molar-refractivity contribution is 6.00. The SMILES string of the molecule is COc1ccccc1C(=O)N(C)CC(=O)Nc1ccc(C)cc1. The fourth-order valence-electron chi connectivity index (χ4n) is 2.15. The predicted molar refractivity (Wildman–Crippen MR) is 89.8 cm³/mol. The normalized spacial score (nSPS) is 10.0. The van der Waals surface area contributed by atoms with Crippen molar-refractivity contribution >= 4 is 17.5 Å². The minimum Gasteiger partial charge on any atom is -0.496 e. The van der Waals surface area contributed by atoms with Crippen LogP contribution in [-0.4, -0.2) is 37.4 Å². The third-order valence-electron chi connectivity index (χ3n) is 3.40. The second kappa shape index (κ2) is 7.45. The Bertz CT molecular complexity index is 696. The first-order chi connectivity index (χ1) is 11.0. The molecular formula is C18H20N2O3. The van der Waals surface area contributed by atoms with Gasteiger partial charge in [-0.2, -0.15) is 0 Å². The predicted octanol–water partition coefficient (Wildman–Crippen LogP) is 2.71. The number of anilines is 1. The zero-order chi connectivity index (χ0) is 16.8. The molecule has 0 aliphatic heterocycles. The van der Waals surface area contributed by atoms with Gasteiger partial charge in [0.25, 0.3) is 5.91 Å². The van der Waals surface area contributed by atoms with Crippen molar-refractivity contribution < 1.29 is 14.3 Å². The number of nitrogens with zero attached hydrogens (tertiary/aromatic N) is 1. The highest BCUT2D eigenvalue weighted by Gasteiger charge is 2.18. The molecule has 2 aromatic carbocycles. The summed E-state index contributed by atoms with van der Waals surface area (Å²) in [5.41, 5.74) is 2.26. The van der Waals surface area contributed by atoms with Gasteiger partial charge in [0.2, 0.25) is 5.91 Å². The summed E-state index contributed by atoms with van der Waals surface area (Å²) >= 11 is 0. The molecular weight excluding hydrogens is 292 g/mol. The lowest BCUT2D eigenvalue weighted by Crippen LogP contribution is -2.35. The average Bonchev–Trinajstić information content (AvgIpc) is 2.56. The fourth-order valence-corrected chi connectivity index (χ4v) is 2.15. The Hall–Kier alpha value is -2.82. The monoisotopic (exact) mass is 312 g/mol. The summed E-state index contributed by atoms with van der Waals surface area (Å²) in [6.07, 6.45) is 0. The Labute approximate surface area is 135 Å². The molecule has 0 aromatic heterocycles.